The van der Waals surface area contributed by atoms with Crippen LogP contribution >= 0.6 is 0 Å². The summed E-state index contributed by atoms with van der Waals surface area (Å²) in [5, 5.41) is 23.5. The molecule has 1 heterocycles. The molecular formula is C31H26F2N2O8. The van der Waals surface area contributed by atoms with Gasteiger partial charge in [-0.05, 0) is 53.6 Å². The number of benzene rings is 3. The number of carboxylic acid groups (broad SMARTS) is 1. The molecule has 0 saturated carbocycles. The molecule has 4 N–H and O–H groups in total. The highest BCUT2D eigenvalue weighted by Crippen LogP contribution is 2.44. The summed E-state index contributed by atoms with van der Waals surface area (Å²) in [6.07, 6.45) is -0.261. The monoisotopic (exact) mass is 592 g/mol. The molecule has 3 aromatic carbocycles. The SMILES string of the molecule is O=C(NC(CCCCNC(=O)c1cc2cc(F)c(O)c(F)c2oc1=O)C(=O)O)OCC1c2ccccc2-c2ccccc21. The number of fused-ring (bicyclic) bond motifs is 4. The number of ether oxygens (including phenoxy) is 1. The average molecular weight is 593 g/mol. The molecule has 1 atom stereocenters. The van der Waals surface area contributed by atoms with E-state index in [9.17, 15) is 38.2 Å². The van der Waals surface area contributed by atoms with E-state index in [0.717, 1.165) is 34.4 Å². The van der Waals surface area contributed by atoms with Gasteiger partial charge in [0.05, 0.1) is 0 Å². The van der Waals surface area contributed by atoms with Crippen LogP contribution in [0.2, 0.25) is 0 Å². The van der Waals surface area contributed by atoms with E-state index in [1.807, 2.05) is 48.5 Å². The van der Waals surface area contributed by atoms with Crippen molar-refractivity contribution < 1.29 is 42.5 Å². The molecule has 1 unspecified atom stereocenters. The van der Waals surface area contributed by atoms with Crippen LogP contribution in [-0.2, 0) is 9.53 Å². The van der Waals surface area contributed by atoms with Crippen LogP contribution in [0.1, 0.15) is 46.7 Å². The van der Waals surface area contributed by atoms with Gasteiger partial charge < -0.3 is 30.0 Å². The standard InChI is InChI=1S/C31H26F2N2O8/c32-23-14-16-13-21(30(40)43-27(16)25(33)26(23)36)28(37)34-12-6-5-11-24(29(38)39)35-31(41)42-15-22-19-9-3-1-7-17(19)18-8-2-4-10-20(18)22/h1-4,7-10,13-14,22,24,36H,5-6,11-12,15H2,(H,34,37)(H,35,41)(H,38,39). The van der Waals surface area contributed by atoms with Crippen molar-refractivity contribution in [1.29, 1.82) is 0 Å². The van der Waals surface area contributed by atoms with Crippen LogP contribution in [-0.4, -0.2) is 47.4 Å². The smallest absolute Gasteiger partial charge is 0.407 e. The molecule has 0 aliphatic heterocycles. The molecule has 5 rings (SSSR count). The van der Waals surface area contributed by atoms with Crippen LogP contribution in [0.15, 0.2) is 69.9 Å². The van der Waals surface area contributed by atoms with Crippen LogP contribution < -0.4 is 16.3 Å². The fourth-order valence-corrected chi connectivity index (χ4v) is 5.15. The number of rotatable bonds is 10. The van der Waals surface area contributed by atoms with E-state index in [0.29, 0.717) is 0 Å². The van der Waals surface area contributed by atoms with Gasteiger partial charge in [0.15, 0.2) is 17.1 Å². The third-order valence-electron chi connectivity index (χ3n) is 7.28. The molecule has 4 aromatic rings. The van der Waals surface area contributed by atoms with Gasteiger partial charge in [-0.25, -0.2) is 18.8 Å². The van der Waals surface area contributed by atoms with E-state index in [1.54, 1.807) is 0 Å². The molecule has 1 aromatic heterocycles. The number of aliphatic carboxylic acids is 1. The van der Waals surface area contributed by atoms with Gasteiger partial charge >= 0.3 is 17.7 Å². The number of hydrogen-bond donors (Lipinski definition) is 4. The first kappa shape index (κ1) is 29.2. The zero-order valence-electron chi connectivity index (χ0n) is 22.6. The van der Waals surface area contributed by atoms with Gasteiger partial charge in [-0.2, -0.15) is 4.39 Å². The maximum atomic E-state index is 14.0. The zero-order valence-corrected chi connectivity index (χ0v) is 22.6. The van der Waals surface area contributed by atoms with Gasteiger partial charge in [-0.3, -0.25) is 4.79 Å². The molecule has 0 fully saturated rings. The summed E-state index contributed by atoms with van der Waals surface area (Å²) < 4.78 is 37.8. The van der Waals surface area contributed by atoms with Gasteiger partial charge in [-0.1, -0.05) is 48.5 Å². The number of carbonyl (C=O) groups excluding carboxylic acids is 2. The summed E-state index contributed by atoms with van der Waals surface area (Å²) in [6, 6.07) is 16.1. The second kappa shape index (κ2) is 12.3. The third kappa shape index (κ3) is 6.03. The first-order valence-electron chi connectivity index (χ1n) is 13.4. The number of nitrogens with one attached hydrogen (secondary N) is 2. The maximum Gasteiger partial charge on any atom is 0.407 e. The third-order valence-corrected chi connectivity index (χ3v) is 7.28. The number of phenolic OH excluding ortho intramolecular Hbond substituents is 1. The lowest BCUT2D eigenvalue weighted by Gasteiger charge is -2.17. The minimum atomic E-state index is -1.46. The van der Waals surface area contributed by atoms with Gasteiger partial charge in [0, 0.05) is 17.8 Å². The van der Waals surface area contributed by atoms with Crippen molar-refractivity contribution in [3.8, 4) is 16.9 Å². The lowest BCUT2D eigenvalue weighted by atomic mass is 9.98. The van der Waals surface area contributed by atoms with E-state index in [1.165, 1.54) is 0 Å². The lowest BCUT2D eigenvalue weighted by Crippen LogP contribution is -2.41. The molecule has 0 radical (unpaired) electrons. The van der Waals surface area contributed by atoms with Gasteiger partial charge in [0.2, 0.25) is 5.82 Å². The van der Waals surface area contributed by atoms with Crippen molar-refractivity contribution in [2.75, 3.05) is 13.2 Å². The summed E-state index contributed by atoms with van der Waals surface area (Å²) in [7, 11) is 0. The molecule has 0 bridgehead atoms. The van der Waals surface area contributed by atoms with Crippen molar-refractivity contribution in [3.63, 3.8) is 0 Å². The predicted octanol–water partition coefficient (Wildman–Crippen LogP) is 4.67. The number of unbranched alkanes of at least 4 members (excludes halogenated alkanes) is 1. The molecule has 12 heteroatoms. The molecular weight excluding hydrogens is 566 g/mol. The van der Waals surface area contributed by atoms with E-state index in [2.05, 4.69) is 10.6 Å². The number of carboxylic acids is 1. The Morgan fingerprint density at radius 1 is 0.977 bits per heavy atom. The van der Waals surface area contributed by atoms with Crippen LogP contribution in [0, 0.1) is 11.6 Å². The number of hydrogen-bond acceptors (Lipinski definition) is 7. The summed E-state index contributed by atoms with van der Waals surface area (Å²) in [4.78, 5) is 48.9. The van der Waals surface area contributed by atoms with E-state index < -0.39 is 58.2 Å². The molecule has 1 aliphatic carbocycles. The maximum absolute atomic E-state index is 14.0. The molecule has 1 aliphatic rings. The van der Waals surface area contributed by atoms with Gasteiger partial charge in [-0.15, -0.1) is 0 Å². The van der Waals surface area contributed by atoms with Gasteiger partial charge in [0.1, 0.15) is 18.2 Å². The normalized spacial score (nSPS) is 12.8. The number of alkyl carbamates (subject to hydrolysis) is 1. The highest BCUT2D eigenvalue weighted by molar-refractivity contribution is 5.96. The lowest BCUT2D eigenvalue weighted by molar-refractivity contribution is -0.139. The number of carbonyl (C=O) groups is 3. The largest absolute Gasteiger partial charge is 0.503 e. The van der Waals surface area contributed by atoms with E-state index >= 15 is 0 Å². The van der Waals surface area contributed by atoms with Crippen molar-refractivity contribution >= 4 is 28.9 Å². The fourth-order valence-electron chi connectivity index (χ4n) is 5.15. The Morgan fingerprint density at radius 3 is 2.28 bits per heavy atom. The van der Waals surface area contributed by atoms with Crippen LogP contribution in [0.4, 0.5) is 13.6 Å². The van der Waals surface area contributed by atoms with Crippen LogP contribution in [0.25, 0.3) is 22.1 Å². The fraction of sp³-hybridized carbons (Fsp3) is 0.226. The summed E-state index contributed by atoms with van der Waals surface area (Å²) in [6.45, 7) is 0.0628. The molecule has 43 heavy (non-hydrogen) atoms. The van der Waals surface area contributed by atoms with Crippen molar-refractivity contribution in [2.45, 2.75) is 31.2 Å². The Kier molecular flexibility index (Phi) is 8.37. The van der Waals surface area contributed by atoms with Crippen molar-refractivity contribution in [3.05, 3.63) is 99.4 Å². The van der Waals surface area contributed by atoms with Crippen molar-refractivity contribution in [1.82, 2.24) is 10.6 Å². The number of amides is 2. The van der Waals surface area contributed by atoms with Crippen molar-refractivity contribution in [2.24, 2.45) is 0 Å². The predicted molar refractivity (Wildman–Crippen MR) is 150 cm³/mol. The number of aromatic hydroxyl groups is 1. The molecule has 2 amide bonds. The van der Waals surface area contributed by atoms with Crippen LogP contribution in [0.5, 0.6) is 5.75 Å². The number of phenols is 1. The number of halogens is 2. The Morgan fingerprint density at radius 2 is 1.63 bits per heavy atom. The summed E-state index contributed by atoms with van der Waals surface area (Å²) in [5.74, 6) is -6.35. The Balaban J connectivity index is 1.10. The summed E-state index contributed by atoms with van der Waals surface area (Å²) >= 11 is 0. The Hall–Kier alpha value is -5.26. The molecule has 0 spiro atoms. The average Bonchev–Trinajstić information content (AvgIpc) is 3.31. The molecule has 0 saturated heterocycles. The first-order chi connectivity index (χ1) is 20.7. The zero-order chi connectivity index (χ0) is 30.7. The second-order valence-electron chi connectivity index (χ2n) is 10.00. The minimum absolute atomic E-state index is 0.0292. The summed E-state index contributed by atoms with van der Waals surface area (Å²) in [5.41, 5.74) is 1.79. The quantitative estimate of drug-likeness (QED) is 0.153. The highest BCUT2D eigenvalue weighted by Gasteiger charge is 2.30. The van der Waals surface area contributed by atoms with Gasteiger partial charge in [0.25, 0.3) is 5.91 Å². The molecule has 10 nitrogen and oxygen atoms in total. The molecule has 222 valence electrons. The van der Waals surface area contributed by atoms with Crippen LogP contribution in [0.3, 0.4) is 0 Å². The Bertz CT molecular complexity index is 1740. The van der Waals surface area contributed by atoms with E-state index in [-0.39, 0.29) is 43.7 Å². The topological polar surface area (TPSA) is 155 Å². The first-order valence-corrected chi connectivity index (χ1v) is 13.4. The second-order valence-corrected chi connectivity index (χ2v) is 10.00. The van der Waals surface area contributed by atoms with E-state index in [4.69, 9.17) is 9.15 Å². The highest BCUT2D eigenvalue weighted by atomic mass is 19.1. The minimum Gasteiger partial charge on any atom is -0.503 e. The Labute approximate surface area is 242 Å².